The van der Waals surface area contributed by atoms with Gasteiger partial charge < -0.3 is 13.7 Å². The monoisotopic (exact) mass is 715 g/mol. The molecule has 0 spiro atoms. The third kappa shape index (κ3) is 9.50. The van der Waals surface area contributed by atoms with Crippen molar-refractivity contribution in [2.24, 2.45) is 21.1 Å². The van der Waals surface area contributed by atoms with Crippen LogP contribution in [0.3, 0.4) is 0 Å². The van der Waals surface area contributed by atoms with Crippen molar-refractivity contribution < 1.29 is 61.4 Å². The Morgan fingerprint density at radius 2 is 0.896 bits per heavy atom. The summed E-state index contributed by atoms with van der Waals surface area (Å²) >= 11 is 0. The van der Waals surface area contributed by atoms with E-state index in [1.807, 2.05) is 0 Å². The van der Waals surface area contributed by atoms with Gasteiger partial charge in [-0.1, -0.05) is 36.4 Å². The first kappa shape index (κ1) is 37.9. The van der Waals surface area contributed by atoms with Crippen molar-refractivity contribution in [1.29, 1.82) is 0 Å². The zero-order chi connectivity index (χ0) is 36.1. The Bertz CT molecular complexity index is 2060. The first-order chi connectivity index (χ1) is 22.1. The Kier molecular flexibility index (Phi) is 11.6. The third-order valence-electron chi connectivity index (χ3n) is 6.78. The topological polar surface area (TPSA) is 127 Å². The van der Waals surface area contributed by atoms with Crippen LogP contribution in [0.4, 0.5) is 26.3 Å². The molecule has 0 bridgehead atoms. The molecule has 0 N–H and O–H groups in total. The van der Waals surface area contributed by atoms with Crippen LogP contribution in [0.2, 0.25) is 0 Å². The van der Waals surface area contributed by atoms with Gasteiger partial charge in [0.1, 0.15) is 14.1 Å². The van der Waals surface area contributed by atoms with E-state index in [9.17, 15) is 26.3 Å². The van der Waals surface area contributed by atoms with Crippen molar-refractivity contribution in [2.75, 3.05) is 0 Å². The van der Waals surface area contributed by atoms with E-state index in [0.717, 1.165) is 0 Å². The molecule has 9 nitrogen and oxygen atoms in total. The van der Waals surface area contributed by atoms with E-state index in [4.69, 9.17) is 25.9 Å². The standard InChI is InChI=1S/C29H27N3.2CHF3O3S/c1-30-20-18-22(26-8-4-6-10-28(26)30)12-14-24-16-17-25(32(24)3)15-13-23-19-21-31(2)29-11-7-5-9-27(23)29;2*2-1(3,4)8(5,6)7/h4-21H,1-3H3;2*(H,5,6,7)/q+2;;/p-2. The minimum absolute atomic E-state index is 1.17. The first-order valence-electron chi connectivity index (χ1n) is 13.4. The molecule has 0 saturated heterocycles. The number of nitrogens with zero attached hydrogens (tertiary/aromatic N) is 3. The number of pyridine rings is 2. The molecule has 3 heterocycles. The second kappa shape index (κ2) is 14.7. The second-order valence-electron chi connectivity index (χ2n) is 10.0. The zero-order valence-corrected chi connectivity index (χ0v) is 26.9. The van der Waals surface area contributed by atoms with Gasteiger partial charge in [-0.2, -0.15) is 26.3 Å². The molecular weight excluding hydrogens is 688 g/mol. The number of rotatable bonds is 4. The van der Waals surface area contributed by atoms with Crippen LogP contribution < -0.4 is 9.13 Å². The van der Waals surface area contributed by atoms with Crippen molar-refractivity contribution in [3.05, 3.63) is 108 Å². The van der Waals surface area contributed by atoms with Crippen molar-refractivity contribution in [3.63, 3.8) is 0 Å². The maximum atomic E-state index is 10.7. The molecule has 0 aliphatic rings. The minimum Gasteiger partial charge on any atom is -0.741 e. The molecule has 0 fully saturated rings. The van der Waals surface area contributed by atoms with Crippen LogP contribution in [0, 0.1) is 0 Å². The minimum atomic E-state index is -6.09. The molecule has 0 unspecified atom stereocenters. The Morgan fingerprint density at radius 3 is 1.21 bits per heavy atom. The highest BCUT2D eigenvalue weighted by Gasteiger charge is 2.37. The number of fused-ring (bicyclic) bond motifs is 2. The highest BCUT2D eigenvalue weighted by molar-refractivity contribution is 7.86. The van der Waals surface area contributed by atoms with Crippen LogP contribution in [0.1, 0.15) is 22.5 Å². The maximum Gasteiger partial charge on any atom is 0.485 e. The molecular formula is C31H27F6N3O6S2. The third-order valence-corrected chi connectivity index (χ3v) is 7.91. The fraction of sp³-hybridized carbons (Fsp3) is 0.161. The van der Waals surface area contributed by atoms with E-state index in [-0.39, 0.29) is 0 Å². The normalized spacial score (nSPS) is 12.6. The molecule has 5 rings (SSSR count). The van der Waals surface area contributed by atoms with Gasteiger partial charge >= 0.3 is 11.0 Å². The van der Waals surface area contributed by atoms with Gasteiger partial charge in [-0.3, -0.25) is 0 Å². The highest BCUT2D eigenvalue weighted by Crippen LogP contribution is 2.22. The lowest BCUT2D eigenvalue weighted by atomic mass is 10.1. The summed E-state index contributed by atoms with van der Waals surface area (Å²) in [6.45, 7) is 0. The number of aromatic nitrogens is 3. The van der Waals surface area contributed by atoms with Crippen LogP contribution in [-0.2, 0) is 41.4 Å². The first-order valence-corrected chi connectivity index (χ1v) is 16.2. The molecule has 256 valence electrons. The Labute approximate surface area is 271 Å². The molecule has 0 saturated carbocycles. The second-order valence-corrected chi connectivity index (χ2v) is 12.7. The fourth-order valence-corrected chi connectivity index (χ4v) is 4.29. The molecule has 3 aromatic heterocycles. The number of alkyl halides is 6. The SMILES string of the molecule is Cn1c(/C=C/c2cc[n+](C)c3ccccc23)ccc1/C=C/c1cc[n+](C)c2ccccc12.O=S(=O)([O-])C(F)(F)F.O=S(=O)([O-])C(F)(F)F. The smallest absolute Gasteiger partial charge is 0.485 e. The predicted octanol–water partition coefficient (Wildman–Crippen LogP) is 5.42. The molecule has 17 heteroatoms. The van der Waals surface area contributed by atoms with Crippen LogP contribution in [0.25, 0.3) is 46.1 Å². The lowest BCUT2D eigenvalue weighted by Crippen LogP contribution is -2.28. The maximum absolute atomic E-state index is 10.7. The van der Waals surface area contributed by atoms with Crippen molar-refractivity contribution >= 4 is 66.3 Å². The van der Waals surface area contributed by atoms with Gasteiger partial charge in [-0.15, -0.1) is 0 Å². The van der Waals surface area contributed by atoms with Gasteiger partial charge in [0.2, 0.25) is 11.0 Å². The zero-order valence-electron chi connectivity index (χ0n) is 25.3. The van der Waals surface area contributed by atoms with Crippen molar-refractivity contribution in [1.82, 2.24) is 4.57 Å². The van der Waals surface area contributed by atoms with E-state index in [1.54, 1.807) is 0 Å². The summed E-state index contributed by atoms with van der Waals surface area (Å²) in [4.78, 5) is 0. The fourth-order valence-electron chi connectivity index (χ4n) is 4.29. The number of hydrogen-bond donors (Lipinski definition) is 0. The largest absolute Gasteiger partial charge is 0.741 e. The van der Waals surface area contributed by atoms with Crippen LogP contribution in [-0.4, -0.2) is 41.5 Å². The molecule has 0 radical (unpaired) electrons. The molecule has 2 aromatic carbocycles. The molecule has 0 amide bonds. The lowest BCUT2D eigenvalue weighted by molar-refractivity contribution is -0.645. The van der Waals surface area contributed by atoms with E-state index >= 15 is 0 Å². The number of hydrogen-bond acceptors (Lipinski definition) is 6. The van der Waals surface area contributed by atoms with Gasteiger partial charge in [0.15, 0.2) is 32.6 Å². The van der Waals surface area contributed by atoms with Gasteiger partial charge in [0, 0.05) is 42.7 Å². The quantitative estimate of drug-likeness (QED) is 0.106. The predicted molar refractivity (Wildman–Crippen MR) is 165 cm³/mol. The molecule has 48 heavy (non-hydrogen) atoms. The van der Waals surface area contributed by atoms with Crippen molar-refractivity contribution in [3.8, 4) is 0 Å². The van der Waals surface area contributed by atoms with E-state index in [0.29, 0.717) is 0 Å². The summed E-state index contributed by atoms with van der Waals surface area (Å²) in [5.74, 6) is 0. The Balaban J connectivity index is 0.000000325. The molecule has 5 aromatic rings. The number of aryl methyl sites for hydroxylation is 2. The number of benzene rings is 2. The van der Waals surface area contributed by atoms with E-state index in [2.05, 4.69) is 144 Å². The average Bonchev–Trinajstić information content (AvgIpc) is 3.34. The van der Waals surface area contributed by atoms with Crippen LogP contribution in [0.5, 0.6) is 0 Å². The van der Waals surface area contributed by atoms with Gasteiger partial charge in [-0.25, -0.2) is 26.0 Å². The molecule has 0 aliphatic carbocycles. The summed E-state index contributed by atoms with van der Waals surface area (Å²) in [6.07, 6.45) is 13.0. The van der Waals surface area contributed by atoms with Crippen LogP contribution >= 0.6 is 0 Å². The Morgan fingerprint density at radius 1 is 0.583 bits per heavy atom. The summed E-state index contributed by atoms with van der Waals surface area (Å²) in [6, 6.07) is 25.7. The molecule has 0 aliphatic heterocycles. The van der Waals surface area contributed by atoms with Gasteiger partial charge in [0.25, 0.3) is 0 Å². The summed E-state index contributed by atoms with van der Waals surface area (Å²) in [5, 5.41) is 2.51. The summed E-state index contributed by atoms with van der Waals surface area (Å²) in [7, 11) is -5.89. The summed E-state index contributed by atoms with van der Waals surface area (Å²) in [5.41, 5.74) is -4.04. The van der Waals surface area contributed by atoms with E-state index in [1.165, 1.54) is 44.3 Å². The van der Waals surface area contributed by atoms with Gasteiger partial charge in [-0.05, 0) is 47.5 Å². The van der Waals surface area contributed by atoms with Crippen LogP contribution in [0.15, 0.2) is 85.2 Å². The van der Waals surface area contributed by atoms with Gasteiger partial charge in [0.05, 0.1) is 10.8 Å². The number of para-hydroxylation sites is 2. The highest BCUT2D eigenvalue weighted by atomic mass is 32.2. The van der Waals surface area contributed by atoms with Crippen molar-refractivity contribution in [2.45, 2.75) is 11.0 Å². The Hall–Kier alpha value is -4.58. The average molecular weight is 716 g/mol. The molecule has 0 atom stereocenters. The number of halogens is 6. The summed E-state index contributed by atoms with van der Waals surface area (Å²) < 4.78 is 124. The van der Waals surface area contributed by atoms with E-state index < -0.39 is 31.3 Å². The lowest BCUT2D eigenvalue weighted by Gasteiger charge is -2.08.